The highest BCUT2D eigenvalue weighted by molar-refractivity contribution is 5.95. The zero-order valence-corrected chi connectivity index (χ0v) is 28.4. The van der Waals surface area contributed by atoms with Crippen LogP contribution in [0.4, 0.5) is 0 Å². The summed E-state index contributed by atoms with van der Waals surface area (Å²) in [6.07, 6.45) is 2.97. The molecular formula is C35H47N5O8. The van der Waals surface area contributed by atoms with Gasteiger partial charge >= 0.3 is 0 Å². The average molecular weight is 666 g/mol. The van der Waals surface area contributed by atoms with Gasteiger partial charge in [0.25, 0.3) is 5.91 Å². The fourth-order valence-electron chi connectivity index (χ4n) is 5.31. The maximum atomic E-state index is 13.2. The van der Waals surface area contributed by atoms with Crippen molar-refractivity contribution in [2.45, 2.75) is 71.5 Å². The summed E-state index contributed by atoms with van der Waals surface area (Å²) in [6.45, 7) is 6.19. The van der Waals surface area contributed by atoms with Crippen molar-refractivity contribution < 1.29 is 38.2 Å². The lowest BCUT2D eigenvalue weighted by molar-refractivity contribution is -0.133. The number of rotatable bonds is 5. The molecule has 0 unspecified atom stereocenters. The second-order valence-electron chi connectivity index (χ2n) is 12.6. The molecule has 3 heterocycles. The van der Waals surface area contributed by atoms with Crippen molar-refractivity contribution in [2.24, 2.45) is 11.8 Å². The molecule has 0 aromatic heterocycles. The number of nitrogens with one attached hydrogen (secondary N) is 4. The first-order chi connectivity index (χ1) is 23.0. The Kier molecular flexibility index (Phi) is 12.6. The quantitative estimate of drug-likeness (QED) is 0.379. The summed E-state index contributed by atoms with van der Waals surface area (Å²) in [5.74, 6) is 0.0987. The van der Waals surface area contributed by atoms with Crippen LogP contribution in [-0.4, -0.2) is 80.4 Å². The third kappa shape index (κ3) is 10.1. The van der Waals surface area contributed by atoms with E-state index in [1.165, 1.54) is 14.2 Å². The molecule has 48 heavy (non-hydrogen) atoms. The summed E-state index contributed by atoms with van der Waals surface area (Å²) in [5.41, 5.74) is 1.08. The van der Waals surface area contributed by atoms with Gasteiger partial charge in [-0.2, -0.15) is 0 Å². The van der Waals surface area contributed by atoms with E-state index >= 15 is 0 Å². The zero-order chi connectivity index (χ0) is 34.8. The van der Waals surface area contributed by atoms with Crippen LogP contribution in [0.5, 0.6) is 23.0 Å². The maximum Gasteiger partial charge on any atom is 0.251 e. The molecule has 1 saturated carbocycles. The van der Waals surface area contributed by atoms with Crippen molar-refractivity contribution in [3.63, 3.8) is 0 Å². The summed E-state index contributed by atoms with van der Waals surface area (Å²) < 4.78 is 17.2. The Morgan fingerprint density at radius 2 is 1.60 bits per heavy atom. The summed E-state index contributed by atoms with van der Waals surface area (Å²) >= 11 is 0. The minimum absolute atomic E-state index is 0.0160. The minimum Gasteiger partial charge on any atom is -0.493 e. The highest BCUT2D eigenvalue weighted by atomic mass is 16.5. The number of nitrogens with zero attached hydrogens (tertiary/aromatic N) is 1. The van der Waals surface area contributed by atoms with Gasteiger partial charge in [0, 0.05) is 44.6 Å². The van der Waals surface area contributed by atoms with Crippen LogP contribution in [0.1, 0.15) is 68.8 Å². The molecule has 13 nitrogen and oxygen atoms in total. The zero-order valence-electron chi connectivity index (χ0n) is 28.4. The second-order valence-corrected chi connectivity index (χ2v) is 12.6. The second kappa shape index (κ2) is 16.8. The van der Waals surface area contributed by atoms with E-state index in [1.807, 2.05) is 13.8 Å². The Morgan fingerprint density at radius 1 is 0.917 bits per heavy atom. The number of hydrogen-bond donors (Lipinski definition) is 4. The predicted octanol–water partition coefficient (Wildman–Crippen LogP) is 2.91. The predicted molar refractivity (Wildman–Crippen MR) is 178 cm³/mol. The summed E-state index contributed by atoms with van der Waals surface area (Å²) in [4.78, 5) is 66.6. The van der Waals surface area contributed by atoms with Crippen LogP contribution in [0, 0.1) is 11.8 Å². The van der Waals surface area contributed by atoms with E-state index in [0.717, 1.165) is 18.4 Å². The van der Waals surface area contributed by atoms with Crippen molar-refractivity contribution in [3.05, 3.63) is 47.5 Å². The Hall–Kier alpha value is -4.81. The molecule has 1 fully saturated rings. The van der Waals surface area contributed by atoms with Crippen molar-refractivity contribution in [1.29, 1.82) is 0 Å². The fourth-order valence-corrected chi connectivity index (χ4v) is 5.31. The lowest BCUT2D eigenvalue weighted by Gasteiger charge is -2.24. The van der Waals surface area contributed by atoms with E-state index < -0.39 is 18.0 Å². The highest BCUT2D eigenvalue weighted by Gasteiger charge is 2.28. The molecule has 6 rings (SSSR count). The Morgan fingerprint density at radius 3 is 2.27 bits per heavy atom. The summed E-state index contributed by atoms with van der Waals surface area (Å²) in [5, 5.41) is 11.2. The van der Waals surface area contributed by atoms with E-state index in [-0.39, 0.29) is 55.6 Å². The molecule has 1 aliphatic carbocycles. The van der Waals surface area contributed by atoms with Crippen LogP contribution < -0.4 is 35.5 Å². The maximum absolute atomic E-state index is 13.2. The van der Waals surface area contributed by atoms with Gasteiger partial charge in [-0.25, -0.2) is 0 Å². The molecule has 0 spiro atoms. The number of amides is 5. The first-order valence-electron chi connectivity index (χ1n) is 16.4. The van der Waals surface area contributed by atoms with Gasteiger partial charge in [-0.15, -0.1) is 0 Å². The number of ether oxygens (including phenoxy) is 3. The molecule has 5 amide bonds. The first-order valence-corrected chi connectivity index (χ1v) is 16.4. The molecule has 3 aliphatic heterocycles. The van der Waals surface area contributed by atoms with Gasteiger partial charge in [0.15, 0.2) is 23.0 Å². The SMILES string of the molecule is COc1cc2ccc1Oc1ccc(cc1OC)C(=O)NCCN(C(=O)CC1CC1)CCCC(=O)N[C@H](C)C(=O)N[C@@H](C(C)C)C(=O)NC2. The monoisotopic (exact) mass is 665 g/mol. The fraction of sp³-hybridized carbons (Fsp3) is 0.514. The Bertz CT molecular complexity index is 1490. The van der Waals surface area contributed by atoms with Crippen LogP contribution >= 0.6 is 0 Å². The number of carbonyl (C=O) groups is 5. The van der Waals surface area contributed by atoms with Crippen LogP contribution in [0.15, 0.2) is 36.4 Å². The van der Waals surface area contributed by atoms with Gasteiger partial charge in [0.2, 0.25) is 23.6 Å². The van der Waals surface area contributed by atoms with Crippen LogP contribution in [0.25, 0.3) is 0 Å². The molecule has 13 heteroatoms. The van der Waals surface area contributed by atoms with Gasteiger partial charge in [-0.1, -0.05) is 19.9 Å². The van der Waals surface area contributed by atoms with Crippen molar-refractivity contribution in [1.82, 2.24) is 26.2 Å². The van der Waals surface area contributed by atoms with Gasteiger partial charge < -0.3 is 40.4 Å². The standard InChI is InChI=1S/C35H47N5O8/c1-21(2)32-35(45)37-20-24-10-12-26(28(17-24)46-4)48-27-13-11-25(19-29(27)47-5)34(44)36-14-16-40(31(42)18-23-8-9-23)15-6-7-30(41)38-22(3)33(43)39-32/h10-13,17,19,21-23,32H,6-9,14-16,18,20H2,1-5H3,(H,36,44)(H,37,45)(H,38,41)(H,39,43)/t22-,32+/m1/s1. The van der Waals surface area contributed by atoms with Crippen LogP contribution in [0.2, 0.25) is 0 Å². The third-order valence-corrected chi connectivity index (χ3v) is 8.37. The van der Waals surface area contributed by atoms with Gasteiger partial charge in [0.05, 0.1) is 14.2 Å². The normalized spacial score (nSPS) is 20.3. The van der Waals surface area contributed by atoms with Crippen LogP contribution in [-0.2, 0) is 25.7 Å². The van der Waals surface area contributed by atoms with E-state index in [4.69, 9.17) is 14.2 Å². The molecule has 2 aromatic carbocycles. The molecule has 0 saturated heterocycles. The minimum atomic E-state index is -0.878. The molecule has 4 bridgehead atoms. The number of fused-ring (bicyclic) bond motifs is 2. The van der Waals surface area contributed by atoms with Crippen molar-refractivity contribution in [3.8, 4) is 23.0 Å². The molecule has 2 atom stereocenters. The van der Waals surface area contributed by atoms with Crippen molar-refractivity contribution >= 4 is 29.5 Å². The largest absolute Gasteiger partial charge is 0.493 e. The van der Waals surface area contributed by atoms with Gasteiger partial charge in [-0.3, -0.25) is 24.0 Å². The third-order valence-electron chi connectivity index (χ3n) is 8.37. The lowest BCUT2D eigenvalue weighted by Crippen LogP contribution is -2.54. The Balaban J connectivity index is 1.57. The molecule has 2 aromatic rings. The highest BCUT2D eigenvalue weighted by Crippen LogP contribution is 2.37. The number of methoxy groups -OCH3 is 2. The molecule has 4 N–H and O–H groups in total. The Labute approximate surface area is 281 Å². The molecular weight excluding hydrogens is 618 g/mol. The van der Waals surface area contributed by atoms with Crippen molar-refractivity contribution in [2.75, 3.05) is 33.9 Å². The lowest BCUT2D eigenvalue weighted by atomic mass is 10.0. The topological polar surface area (TPSA) is 164 Å². The van der Waals surface area contributed by atoms with E-state index in [2.05, 4.69) is 21.3 Å². The number of benzene rings is 2. The van der Waals surface area contributed by atoms with E-state index in [9.17, 15) is 24.0 Å². The average Bonchev–Trinajstić information content (AvgIpc) is 3.89. The molecule has 260 valence electrons. The number of carbonyl (C=O) groups excluding carboxylic acids is 5. The van der Waals surface area contributed by atoms with E-state index in [0.29, 0.717) is 53.9 Å². The molecule has 4 aliphatic rings. The molecule has 0 radical (unpaired) electrons. The van der Waals surface area contributed by atoms with E-state index in [1.54, 1.807) is 48.2 Å². The van der Waals surface area contributed by atoms with Crippen LogP contribution in [0.3, 0.4) is 0 Å². The van der Waals surface area contributed by atoms with Gasteiger partial charge in [0.1, 0.15) is 12.1 Å². The van der Waals surface area contributed by atoms with Gasteiger partial charge in [-0.05, 0) is 73.9 Å². The summed E-state index contributed by atoms with van der Waals surface area (Å²) in [6, 6.07) is 8.32. The smallest absolute Gasteiger partial charge is 0.251 e. The first kappa shape index (κ1) is 36.0. The summed E-state index contributed by atoms with van der Waals surface area (Å²) in [7, 11) is 2.97. The number of hydrogen-bond acceptors (Lipinski definition) is 8.